The van der Waals surface area contributed by atoms with Crippen LogP contribution in [0.2, 0.25) is 0 Å². The van der Waals surface area contributed by atoms with Crippen molar-refractivity contribution in [2.45, 2.75) is 46.0 Å². The van der Waals surface area contributed by atoms with E-state index in [2.05, 4.69) is 19.2 Å². The Balaban J connectivity index is 2.12. The lowest BCUT2D eigenvalue weighted by Crippen LogP contribution is -2.43. The summed E-state index contributed by atoms with van der Waals surface area (Å²) in [5.74, 6) is 0.0953. The quantitative estimate of drug-likeness (QED) is 0.877. The summed E-state index contributed by atoms with van der Waals surface area (Å²) in [5, 5.41) is 3.05. The summed E-state index contributed by atoms with van der Waals surface area (Å²) in [6, 6.07) is 6.04. The summed E-state index contributed by atoms with van der Waals surface area (Å²) in [5.41, 5.74) is 8.85. The number of hydrogen-bond acceptors (Lipinski definition) is 2. The van der Waals surface area contributed by atoms with Gasteiger partial charge in [-0.3, -0.25) is 4.79 Å². The fourth-order valence-corrected chi connectivity index (χ4v) is 2.84. The summed E-state index contributed by atoms with van der Waals surface area (Å²) < 4.78 is 0. The van der Waals surface area contributed by atoms with E-state index in [-0.39, 0.29) is 11.3 Å². The molecule has 0 radical (unpaired) electrons. The van der Waals surface area contributed by atoms with E-state index in [1.54, 1.807) is 0 Å². The van der Waals surface area contributed by atoms with Gasteiger partial charge in [-0.2, -0.15) is 0 Å². The van der Waals surface area contributed by atoms with E-state index in [0.717, 1.165) is 31.4 Å². The largest absolute Gasteiger partial charge is 0.329 e. The lowest BCUT2D eigenvalue weighted by atomic mass is 9.73. The molecular weight excluding hydrogens is 236 g/mol. The Bertz CT molecular complexity index is 462. The van der Waals surface area contributed by atoms with Crippen LogP contribution in [0.5, 0.6) is 0 Å². The van der Waals surface area contributed by atoms with Crippen molar-refractivity contribution in [3.63, 3.8) is 0 Å². The number of carbonyl (C=O) groups is 1. The third-order valence-electron chi connectivity index (χ3n) is 4.45. The predicted molar refractivity (Wildman–Crippen MR) is 79.1 cm³/mol. The predicted octanol–water partition coefficient (Wildman–Crippen LogP) is 3.15. The normalized spacial score (nSPS) is 18.1. The number of amides is 1. The van der Waals surface area contributed by atoms with E-state index in [4.69, 9.17) is 5.73 Å². The molecule has 3 heteroatoms. The first kappa shape index (κ1) is 14.1. The number of carbonyl (C=O) groups excluding carboxylic acids is 1. The maximum atomic E-state index is 12.5. The molecule has 3 nitrogen and oxygen atoms in total. The van der Waals surface area contributed by atoms with Crippen LogP contribution in [0, 0.1) is 19.3 Å². The molecule has 104 valence electrons. The van der Waals surface area contributed by atoms with E-state index >= 15 is 0 Å². The van der Waals surface area contributed by atoms with Gasteiger partial charge in [-0.1, -0.05) is 25.3 Å². The highest BCUT2D eigenvalue weighted by Gasteiger charge is 2.38. The SMILES string of the molecule is Cc1ccc(NC(=O)C2(CN)CCCCC2)cc1C. The maximum Gasteiger partial charge on any atom is 0.231 e. The van der Waals surface area contributed by atoms with Gasteiger partial charge in [0.25, 0.3) is 0 Å². The number of hydrogen-bond donors (Lipinski definition) is 2. The first-order chi connectivity index (χ1) is 9.07. The third-order valence-corrected chi connectivity index (χ3v) is 4.45. The third kappa shape index (κ3) is 2.98. The molecule has 1 amide bonds. The maximum absolute atomic E-state index is 12.5. The Labute approximate surface area is 115 Å². The molecule has 1 fully saturated rings. The molecule has 3 N–H and O–H groups in total. The fraction of sp³-hybridized carbons (Fsp3) is 0.562. The van der Waals surface area contributed by atoms with E-state index in [0.29, 0.717) is 6.54 Å². The molecule has 0 aromatic heterocycles. The summed E-state index contributed by atoms with van der Waals surface area (Å²) in [7, 11) is 0. The summed E-state index contributed by atoms with van der Waals surface area (Å²) in [4.78, 5) is 12.5. The minimum atomic E-state index is -0.350. The second-order valence-electron chi connectivity index (χ2n) is 5.80. The van der Waals surface area contributed by atoms with Crippen molar-refractivity contribution < 1.29 is 4.79 Å². The fourth-order valence-electron chi connectivity index (χ4n) is 2.84. The van der Waals surface area contributed by atoms with Crippen molar-refractivity contribution in [2.24, 2.45) is 11.1 Å². The van der Waals surface area contributed by atoms with Crippen molar-refractivity contribution in [2.75, 3.05) is 11.9 Å². The Kier molecular flexibility index (Phi) is 4.25. The molecule has 0 spiro atoms. The molecule has 1 aromatic rings. The van der Waals surface area contributed by atoms with Crippen molar-refractivity contribution in [3.8, 4) is 0 Å². The van der Waals surface area contributed by atoms with Crippen molar-refractivity contribution in [1.82, 2.24) is 0 Å². The molecule has 0 atom stereocenters. The van der Waals surface area contributed by atoms with Crippen molar-refractivity contribution >= 4 is 11.6 Å². The van der Waals surface area contributed by atoms with Crippen LogP contribution in [0.15, 0.2) is 18.2 Å². The van der Waals surface area contributed by atoms with Gasteiger partial charge in [0.15, 0.2) is 0 Å². The minimum Gasteiger partial charge on any atom is -0.329 e. The van der Waals surface area contributed by atoms with Crippen LogP contribution in [-0.2, 0) is 4.79 Å². The Morgan fingerprint density at radius 1 is 1.21 bits per heavy atom. The first-order valence-corrected chi connectivity index (χ1v) is 7.16. The van der Waals surface area contributed by atoms with Crippen LogP contribution in [0.3, 0.4) is 0 Å². The topological polar surface area (TPSA) is 55.1 Å². The lowest BCUT2D eigenvalue weighted by molar-refractivity contribution is -0.126. The van der Waals surface area contributed by atoms with Crippen LogP contribution >= 0.6 is 0 Å². The molecule has 0 unspecified atom stereocenters. The van der Waals surface area contributed by atoms with Gasteiger partial charge in [0, 0.05) is 12.2 Å². The molecule has 1 aromatic carbocycles. The Morgan fingerprint density at radius 2 is 1.89 bits per heavy atom. The summed E-state index contributed by atoms with van der Waals surface area (Å²) >= 11 is 0. The first-order valence-electron chi connectivity index (χ1n) is 7.16. The standard InChI is InChI=1S/C16H24N2O/c1-12-6-7-14(10-13(12)2)18-15(19)16(11-17)8-4-3-5-9-16/h6-7,10H,3-5,8-9,11,17H2,1-2H3,(H,18,19). The molecular formula is C16H24N2O. The molecule has 1 aliphatic carbocycles. The second kappa shape index (κ2) is 5.74. The van der Waals surface area contributed by atoms with E-state index < -0.39 is 0 Å². The van der Waals surface area contributed by atoms with Gasteiger partial charge in [0.2, 0.25) is 5.91 Å². The zero-order chi connectivity index (χ0) is 13.9. The van der Waals surface area contributed by atoms with E-state index in [1.807, 2.05) is 18.2 Å². The van der Waals surface area contributed by atoms with Crippen LogP contribution in [0.25, 0.3) is 0 Å². The van der Waals surface area contributed by atoms with Gasteiger partial charge in [-0.05, 0) is 49.9 Å². The molecule has 1 saturated carbocycles. The highest BCUT2D eigenvalue weighted by Crippen LogP contribution is 2.36. The van der Waals surface area contributed by atoms with Crippen LogP contribution in [0.1, 0.15) is 43.2 Å². The molecule has 0 heterocycles. The molecule has 0 aliphatic heterocycles. The van der Waals surface area contributed by atoms with Gasteiger partial charge in [0.1, 0.15) is 0 Å². The minimum absolute atomic E-state index is 0.0953. The molecule has 0 saturated heterocycles. The van der Waals surface area contributed by atoms with E-state index in [1.165, 1.54) is 17.5 Å². The molecule has 0 bridgehead atoms. The average Bonchev–Trinajstić information content (AvgIpc) is 2.43. The van der Waals surface area contributed by atoms with Gasteiger partial charge >= 0.3 is 0 Å². The number of aryl methyl sites for hydroxylation is 2. The van der Waals surface area contributed by atoms with Gasteiger partial charge in [0.05, 0.1) is 5.41 Å². The van der Waals surface area contributed by atoms with Crippen LogP contribution in [0.4, 0.5) is 5.69 Å². The Morgan fingerprint density at radius 3 is 2.47 bits per heavy atom. The molecule has 2 rings (SSSR count). The number of rotatable bonds is 3. The summed E-state index contributed by atoms with van der Waals surface area (Å²) in [6.45, 7) is 4.58. The van der Waals surface area contributed by atoms with Crippen molar-refractivity contribution in [1.29, 1.82) is 0 Å². The highest BCUT2D eigenvalue weighted by molar-refractivity contribution is 5.95. The zero-order valence-corrected chi connectivity index (χ0v) is 12.0. The van der Waals surface area contributed by atoms with Gasteiger partial charge in [-0.25, -0.2) is 0 Å². The average molecular weight is 260 g/mol. The van der Waals surface area contributed by atoms with Gasteiger partial charge in [-0.15, -0.1) is 0 Å². The monoisotopic (exact) mass is 260 g/mol. The molecule has 19 heavy (non-hydrogen) atoms. The second-order valence-corrected chi connectivity index (χ2v) is 5.80. The van der Waals surface area contributed by atoms with Crippen molar-refractivity contribution in [3.05, 3.63) is 29.3 Å². The number of nitrogens with one attached hydrogen (secondary N) is 1. The number of anilines is 1. The highest BCUT2D eigenvalue weighted by atomic mass is 16.2. The van der Waals surface area contributed by atoms with E-state index in [9.17, 15) is 4.79 Å². The van der Waals surface area contributed by atoms with Crippen LogP contribution < -0.4 is 11.1 Å². The number of benzene rings is 1. The molecule has 1 aliphatic rings. The Hall–Kier alpha value is -1.35. The zero-order valence-electron chi connectivity index (χ0n) is 12.0. The lowest BCUT2D eigenvalue weighted by Gasteiger charge is -2.34. The number of nitrogens with two attached hydrogens (primary N) is 1. The smallest absolute Gasteiger partial charge is 0.231 e. The summed E-state index contributed by atoms with van der Waals surface area (Å²) in [6.07, 6.45) is 5.27. The van der Waals surface area contributed by atoms with Gasteiger partial charge < -0.3 is 11.1 Å². The van der Waals surface area contributed by atoms with Crippen LogP contribution in [-0.4, -0.2) is 12.5 Å².